The van der Waals surface area contributed by atoms with Crippen LogP contribution in [0.4, 0.5) is 5.69 Å². The smallest absolute Gasteiger partial charge is 0.249 e. The van der Waals surface area contributed by atoms with Gasteiger partial charge in [-0.1, -0.05) is 12.1 Å². The van der Waals surface area contributed by atoms with E-state index in [-0.39, 0.29) is 18.4 Å². The molecule has 1 atom stereocenters. The zero-order valence-electron chi connectivity index (χ0n) is 13.0. The monoisotopic (exact) mass is 290 g/mol. The van der Waals surface area contributed by atoms with Crippen LogP contribution in [-0.2, 0) is 14.3 Å². The summed E-state index contributed by atoms with van der Waals surface area (Å²) in [6.45, 7) is 6.84. The Hall–Kier alpha value is -1.88. The largest absolute Gasteiger partial charge is 0.375 e. The minimum absolute atomic E-state index is 0.0150. The maximum absolute atomic E-state index is 12.6. The summed E-state index contributed by atoms with van der Waals surface area (Å²) in [6.07, 6.45) is 0. The summed E-state index contributed by atoms with van der Waals surface area (Å²) in [6, 6.07) is 5.62. The molecular weight excluding hydrogens is 268 g/mol. The number of aryl methyl sites for hydroxylation is 2. The number of rotatable bonds is 3. The lowest BCUT2D eigenvalue weighted by molar-refractivity contribution is -0.143. The predicted octanol–water partition coefficient (Wildman–Crippen LogP) is 1.51. The number of anilines is 1. The lowest BCUT2D eigenvalue weighted by Gasteiger charge is -2.39. The molecule has 0 aromatic heterocycles. The van der Waals surface area contributed by atoms with Gasteiger partial charge in [-0.2, -0.15) is 0 Å². The van der Waals surface area contributed by atoms with Gasteiger partial charge < -0.3 is 14.5 Å². The Labute approximate surface area is 125 Å². The van der Waals surface area contributed by atoms with Crippen LogP contribution in [-0.4, -0.2) is 49.6 Å². The molecule has 2 amide bonds. The van der Waals surface area contributed by atoms with Gasteiger partial charge in [-0.15, -0.1) is 0 Å². The standard InChI is InChI=1S/C16H22N2O3/c1-11-5-6-12(2)14(9-11)18-8-7-17(13(3)16(18)20)15(19)10-21-4/h5-6,9,13H,7-8,10H2,1-4H3/t13-/m0/s1. The molecule has 5 heteroatoms. The molecule has 114 valence electrons. The number of piperazine rings is 1. The fraction of sp³-hybridized carbons (Fsp3) is 0.500. The van der Waals surface area contributed by atoms with E-state index in [1.165, 1.54) is 7.11 Å². The van der Waals surface area contributed by atoms with Gasteiger partial charge in [0, 0.05) is 25.9 Å². The van der Waals surface area contributed by atoms with Crippen molar-refractivity contribution in [2.75, 3.05) is 31.7 Å². The van der Waals surface area contributed by atoms with Crippen LogP contribution in [0.25, 0.3) is 0 Å². The molecule has 2 rings (SSSR count). The highest BCUT2D eigenvalue weighted by atomic mass is 16.5. The van der Waals surface area contributed by atoms with Crippen LogP contribution in [0.5, 0.6) is 0 Å². The summed E-state index contributed by atoms with van der Waals surface area (Å²) >= 11 is 0. The quantitative estimate of drug-likeness (QED) is 0.848. The number of carbonyl (C=O) groups excluding carboxylic acids is 2. The maximum atomic E-state index is 12.6. The Morgan fingerprint density at radius 1 is 1.33 bits per heavy atom. The Kier molecular flexibility index (Phi) is 4.63. The van der Waals surface area contributed by atoms with Crippen molar-refractivity contribution in [2.45, 2.75) is 26.8 Å². The summed E-state index contributed by atoms with van der Waals surface area (Å²) < 4.78 is 4.87. The molecule has 1 saturated heterocycles. The second kappa shape index (κ2) is 6.26. The van der Waals surface area contributed by atoms with E-state index in [1.54, 1.807) is 16.7 Å². The fourth-order valence-electron chi connectivity index (χ4n) is 2.67. The molecule has 0 bridgehead atoms. The molecule has 0 radical (unpaired) electrons. The molecule has 1 fully saturated rings. The minimum atomic E-state index is -0.457. The normalized spacial score (nSPS) is 19.0. The van der Waals surface area contributed by atoms with E-state index in [4.69, 9.17) is 4.74 Å². The highest BCUT2D eigenvalue weighted by Gasteiger charge is 2.35. The van der Waals surface area contributed by atoms with Crippen molar-refractivity contribution < 1.29 is 14.3 Å². The fourth-order valence-corrected chi connectivity index (χ4v) is 2.67. The summed E-state index contributed by atoms with van der Waals surface area (Å²) in [5.74, 6) is -0.182. The van der Waals surface area contributed by atoms with E-state index in [9.17, 15) is 9.59 Å². The van der Waals surface area contributed by atoms with E-state index in [0.717, 1.165) is 16.8 Å². The van der Waals surface area contributed by atoms with E-state index >= 15 is 0 Å². The Morgan fingerprint density at radius 3 is 2.71 bits per heavy atom. The van der Waals surface area contributed by atoms with Crippen molar-refractivity contribution in [3.63, 3.8) is 0 Å². The van der Waals surface area contributed by atoms with Gasteiger partial charge in [-0.3, -0.25) is 9.59 Å². The van der Waals surface area contributed by atoms with Crippen molar-refractivity contribution in [3.8, 4) is 0 Å². The molecule has 5 nitrogen and oxygen atoms in total. The van der Waals surface area contributed by atoms with Crippen LogP contribution < -0.4 is 4.90 Å². The average Bonchev–Trinajstić information content (AvgIpc) is 2.45. The number of amides is 2. The van der Waals surface area contributed by atoms with Crippen molar-refractivity contribution in [1.82, 2.24) is 4.90 Å². The Balaban J connectivity index is 2.21. The third-order valence-electron chi connectivity index (χ3n) is 3.90. The molecule has 0 spiro atoms. The number of ether oxygens (including phenoxy) is 1. The molecule has 0 unspecified atom stereocenters. The Morgan fingerprint density at radius 2 is 2.05 bits per heavy atom. The van der Waals surface area contributed by atoms with Crippen molar-refractivity contribution >= 4 is 17.5 Å². The van der Waals surface area contributed by atoms with Gasteiger partial charge in [0.1, 0.15) is 12.6 Å². The molecule has 21 heavy (non-hydrogen) atoms. The van der Waals surface area contributed by atoms with E-state index in [1.807, 2.05) is 32.0 Å². The second-order valence-corrected chi connectivity index (χ2v) is 5.48. The zero-order valence-corrected chi connectivity index (χ0v) is 13.0. The molecule has 1 aliphatic rings. The summed E-state index contributed by atoms with van der Waals surface area (Å²) in [4.78, 5) is 27.9. The highest BCUT2D eigenvalue weighted by Crippen LogP contribution is 2.25. The molecule has 0 saturated carbocycles. The lowest BCUT2D eigenvalue weighted by atomic mass is 10.1. The number of hydrogen-bond donors (Lipinski definition) is 0. The second-order valence-electron chi connectivity index (χ2n) is 5.48. The van der Waals surface area contributed by atoms with Crippen LogP contribution in [0.3, 0.4) is 0 Å². The molecule has 1 heterocycles. The van der Waals surface area contributed by atoms with E-state index in [0.29, 0.717) is 13.1 Å². The van der Waals surface area contributed by atoms with Gasteiger partial charge in [0.2, 0.25) is 11.8 Å². The van der Waals surface area contributed by atoms with E-state index in [2.05, 4.69) is 0 Å². The first-order valence-corrected chi connectivity index (χ1v) is 7.12. The molecule has 1 aromatic carbocycles. The number of benzene rings is 1. The van der Waals surface area contributed by atoms with Gasteiger partial charge in [0.25, 0.3) is 0 Å². The predicted molar refractivity (Wildman–Crippen MR) is 81.3 cm³/mol. The van der Waals surface area contributed by atoms with Crippen molar-refractivity contribution in [1.29, 1.82) is 0 Å². The van der Waals surface area contributed by atoms with Gasteiger partial charge in [-0.25, -0.2) is 0 Å². The molecule has 0 N–H and O–H groups in total. The summed E-state index contributed by atoms with van der Waals surface area (Å²) in [5, 5.41) is 0. The minimum Gasteiger partial charge on any atom is -0.375 e. The van der Waals surface area contributed by atoms with Crippen molar-refractivity contribution in [2.24, 2.45) is 0 Å². The van der Waals surface area contributed by atoms with Gasteiger partial charge in [-0.05, 0) is 38.0 Å². The molecule has 1 aromatic rings. The first-order chi connectivity index (χ1) is 9.95. The molecule has 0 aliphatic carbocycles. The van der Waals surface area contributed by atoms with Crippen LogP contribution in [0.15, 0.2) is 18.2 Å². The van der Waals surface area contributed by atoms with Crippen LogP contribution in [0, 0.1) is 13.8 Å². The highest BCUT2D eigenvalue weighted by molar-refractivity contribution is 6.00. The number of methoxy groups -OCH3 is 1. The number of hydrogen-bond acceptors (Lipinski definition) is 3. The van der Waals surface area contributed by atoms with Crippen molar-refractivity contribution in [3.05, 3.63) is 29.3 Å². The average molecular weight is 290 g/mol. The van der Waals surface area contributed by atoms with Crippen LogP contribution in [0.1, 0.15) is 18.1 Å². The number of nitrogens with zero attached hydrogens (tertiary/aromatic N) is 2. The summed E-state index contributed by atoms with van der Waals surface area (Å²) in [7, 11) is 1.48. The van der Waals surface area contributed by atoms with Gasteiger partial charge >= 0.3 is 0 Å². The SMILES string of the molecule is COCC(=O)N1CCN(c2cc(C)ccc2C)C(=O)[C@@H]1C. The first kappa shape index (κ1) is 15.5. The van der Waals surface area contributed by atoms with Gasteiger partial charge in [0.05, 0.1) is 0 Å². The lowest BCUT2D eigenvalue weighted by Crippen LogP contribution is -2.58. The third-order valence-corrected chi connectivity index (χ3v) is 3.90. The summed E-state index contributed by atoms with van der Waals surface area (Å²) in [5.41, 5.74) is 3.12. The zero-order chi connectivity index (χ0) is 15.6. The Bertz CT molecular complexity index is 556. The molecular formula is C16H22N2O3. The van der Waals surface area contributed by atoms with Crippen LogP contribution in [0.2, 0.25) is 0 Å². The maximum Gasteiger partial charge on any atom is 0.249 e. The third kappa shape index (κ3) is 3.08. The topological polar surface area (TPSA) is 49.9 Å². The van der Waals surface area contributed by atoms with Crippen LogP contribution >= 0.6 is 0 Å². The molecule has 1 aliphatic heterocycles. The van der Waals surface area contributed by atoms with Gasteiger partial charge in [0.15, 0.2) is 0 Å². The van der Waals surface area contributed by atoms with E-state index < -0.39 is 6.04 Å². The number of carbonyl (C=O) groups is 2. The first-order valence-electron chi connectivity index (χ1n) is 7.12.